The van der Waals surface area contributed by atoms with Gasteiger partial charge in [-0.1, -0.05) is 6.07 Å². The normalized spacial score (nSPS) is 8.11. The van der Waals surface area contributed by atoms with Crippen LogP contribution >= 0.6 is 9.90 Å². The Morgan fingerprint density at radius 1 is 1.44 bits per heavy atom. The van der Waals surface area contributed by atoms with Crippen LogP contribution in [0.2, 0.25) is 0 Å². The van der Waals surface area contributed by atoms with Crippen LogP contribution in [-0.2, 0) is 6.54 Å². The molecule has 9 heavy (non-hydrogen) atoms. The zero-order valence-corrected chi connectivity index (χ0v) is 6.66. The average molecular weight is 142 g/mol. The first-order chi connectivity index (χ1) is 3.93. The second-order valence-electron chi connectivity index (χ2n) is 1.53. The Hall–Kier alpha value is -0.460. The third-order valence-electron chi connectivity index (χ3n) is 0.935. The van der Waals surface area contributed by atoms with Gasteiger partial charge in [-0.3, -0.25) is 4.98 Å². The van der Waals surface area contributed by atoms with Gasteiger partial charge in [-0.2, -0.15) is 9.90 Å². The zero-order valence-electron chi connectivity index (χ0n) is 5.25. The molecule has 2 nitrogen and oxygen atoms in total. The molecule has 2 N–H and O–H groups in total. The predicted octanol–water partition coefficient (Wildman–Crippen LogP) is 0.598. The molecule has 0 radical (unpaired) electrons. The standard InChI is InChI=1S/C6H8N2.H3P/c7-5-6-3-1-2-4-8-6;/h1-4H,5,7H2;1H3. The first-order valence-electron chi connectivity index (χ1n) is 2.53. The third-order valence-corrected chi connectivity index (χ3v) is 0.935. The van der Waals surface area contributed by atoms with Gasteiger partial charge in [0.1, 0.15) is 0 Å². The summed E-state index contributed by atoms with van der Waals surface area (Å²) in [6.45, 7) is 0.529. The van der Waals surface area contributed by atoms with Crippen LogP contribution in [0.25, 0.3) is 0 Å². The van der Waals surface area contributed by atoms with E-state index in [2.05, 4.69) is 4.98 Å². The number of hydrogen-bond acceptors (Lipinski definition) is 2. The minimum atomic E-state index is 0. The van der Waals surface area contributed by atoms with Gasteiger partial charge in [-0.05, 0) is 12.1 Å². The van der Waals surface area contributed by atoms with Crippen LogP contribution in [0.3, 0.4) is 0 Å². The number of aromatic nitrogens is 1. The lowest BCUT2D eigenvalue weighted by Crippen LogP contribution is -1.97. The molecule has 0 spiro atoms. The summed E-state index contributed by atoms with van der Waals surface area (Å²) in [7, 11) is 0. The van der Waals surface area contributed by atoms with Gasteiger partial charge >= 0.3 is 0 Å². The summed E-state index contributed by atoms with van der Waals surface area (Å²) in [5.74, 6) is 0. The lowest BCUT2D eigenvalue weighted by Gasteiger charge is -1.89. The molecule has 1 aromatic rings. The molecular weight excluding hydrogens is 131 g/mol. The van der Waals surface area contributed by atoms with Gasteiger partial charge in [0.2, 0.25) is 0 Å². The topological polar surface area (TPSA) is 38.9 Å². The van der Waals surface area contributed by atoms with E-state index in [4.69, 9.17) is 5.73 Å². The monoisotopic (exact) mass is 142 g/mol. The van der Waals surface area contributed by atoms with Crippen LogP contribution < -0.4 is 5.73 Å². The molecule has 0 aliphatic heterocycles. The van der Waals surface area contributed by atoms with Gasteiger partial charge in [0.05, 0.1) is 5.69 Å². The fraction of sp³-hybridized carbons (Fsp3) is 0.167. The smallest absolute Gasteiger partial charge is 0.0539 e. The molecule has 1 heterocycles. The van der Waals surface area contributed by atoms with Crippen LogP contribution in [-0.4, -0.2) is 4.98 Å². The minimum absolute atomic E-state index is 0. The lowest BCUT2D eigenvalue weighted by molar-refractivity contribution is 0.991. The average Bonchev–Trinajstić information content (AvgIpc) is 1.90. The van der Waals surface area contributed by atoms with E-state index in [1.54, 1.807) is 6.20 Å². The second kappa shape index (κ2) is 4.42. The maximum atomic E-state index is 5.29. The van der Waals surface area contributed by atoms with E-state index in [1.165, 1.54) is 0 Å². The predicted molar refractivity (Wildman–Crippen MR) is 43.2 cm³/mol. The Kier molecular flexibility index (Phi) is 4.20. The number of pyridine rings is 1. The summed E-state index contributed by atoms with van der Waals surface area (Å²) >= 11 is 0. The van der Waals surface area contributed by atoms with E-state index in [1.807, 2.05) is 18.2 Å². The maximum Gasteiger partial charge on any atom is 0.0539 e. The van der Waals surface area contributed by atoms with Crippen LogP contribution in [0.5, 0.6) is 0 Å². The minimum Gasteiger partial charge on any atom is -0.325 e. The lowest BCUT2D eigenvalue weighted by atomic mass is 10.4. The second-order valence-corrected chi connectivity index (χ2v) is 1.53. The van der Waals surface area contributed by atoms with Gasteiger partial charge in [-0.15, -0.1) is 0 Å². The van der Waals surface area contributed by atoms with Gasteiger partial charge in [-0.25, -0.2) is 0 Å². The van der Waals surface area contributed by atoms with Crippen molar-refractivity contribution in [3.8, 4) is 0 Å². The van der Waals surface area contributed by atoms with E-state index in [0.717, 1.165) is 5.69 Å². The summed E-state index contributed by atoms with van der Waals surface area (Å²) in [5.41, 5.74) is 6.22. The molecule has 0 aromatic carbocycles. The van der Waals surface area contributed by atoms with Crippen molar-refractivity contribution in [2.75, 3.05) is 0 Å². The Morgan fingerprint density at radius 3 is 2.56 bits per heavy atom. The quantitative estimate of drug-likeness (QED) is 0.583. The molecule has 1 unspecified atom stereocenters. The van der Waals surface area contributed by atoms with E-state index in [-0.39, 0.29) is 9.90 Å². The Balaban J connectivity index is 0.000000640. The Morgan fingerprint density at radius 2 is 2.22 bits per heavy atom. The fourth-order valence-corrected chi connectivity index (χ4v) is 0.519. The molecule has 0 saturated carbocycles. The highest BCUT2D eigenvalue weighted by atomic mass is 31.0. The fourth-order valence-electron chi connectivity index (χ4n) is 0.519. The highest BCUT2D eigenvalue weighted by Crippen LogP contribution is 1.88. The van der Waals surface area contributed by atoms with Crippen LogP contribution in [0, 0.1) is 0 Å². The summed E-state index contributed by atoms with van der Waals surface area (Å²) in [6.07, 6.45) is 1.74. The molecule has 0 aliphatic carbocycles. The van der Waals surface area contributed by atoms with Crippen molar-refractivity contribution in [3.05, 3.63) is 30.1 Å². The molecule has 0 saturated heterocycles. The largest absolute Gasteiger partial charge is 0.325 e. The van der Waals surface area contributed by atoms with Crippen molar-refractivity contribution >= 4 is 9.90 Å². The summed E-state index contributed by atoms with van der Waals surface area (Å²) in [4.78, 5) is 3.97. The van der Waals surface area contributed by atoms with Gasteiger partial charge in [0.25, 0.3) is 0 Å². The highest BCUT2D eigenvalue weighted by molar-refractivity contribution is 6.92. The van der Waals surface area contributed by atoms with Crippen molar-refractivity contribution < 1.29 is 0 Å². The van der Waals surface area contributed by atoms with Gasteiger partial charge < -0.3 is 5.73 Å². The molecule has 0 bridgehead atoms. The Labute approximate surface area is 58.1 Å². The molecule has 1 aromatic heterocycles. The number of hydrogen-bond donors (Lipinski definition) is 1. The molecule has 0 fully saturated rings. The molecule has 3 heteroatoms. The van der Waals surface area contributed by atoms with Gasteiger partial charge in [0, 0.05) is 12.7 Å². The van der Waals surface area contributed by atoms with Crippen molar-refractivity contribution in [3.63, 3.8) is 0 Å². The van der Waals surface area contributed by atoms with E-state index in [0.29, 0.717) is 6.54 Å². The maximum absolute atomic E-state index is 5.29. The van der Waals surface area contributed by atoms with Gasteiger partial charge in [0.15, 0.2) is 0 Å². The van der Waals surface area contributed by atoms with Crippen molar-refractivity contribution in [1.82, 2.24) is 4.98 Å². The van der Waals surface area contributed by atoms with Crippen molar-refractivity contribution in [1.29, 1.82) is 0 Å². The molecule has 1 atom stereocenters. The first-order valence-corrected chi connectivity index (χ1v) is 2.53. The Bertz CT molecular complexity index is 152. The SMILES string of the molecule is NCc1ccccn1.P. The molecule has 50 valence electrons. The van der Waals surface area contributed by atoms with Crippen molar-refractivity contribution in [2.45, 2.75) is 6.54 Å². The molecule has 0 amide bonds. The highest BCUT2D eigenvalue weighted by Gasteiger charge is 1.81. The van der Waals surface area contributed by atoms with Crippen molar-refractivity contribution in [2.24, 2.45) is 5.73 Å². The summed E-state index contributed by atoms with van der Waals surface area (Å²) in [6, 6.07) is 5.70. The first kappa shape index (κ1) is 8.54. The third kappa shape index (κ3) is 2.54. The van der Waals surface area contributed by atoms with Crippen LogP contribution in [0.1, 0.15) is 5.69 Å². The number of rotatable bonds is 1. The van der Waals surface area contributed by atoms with E-state index >= 15 is 0 Å². The van der Waals surface area contributed by atoms with Crippen LogP contribution in [0.4, 0.5) is 0 Å². The number of nitrogens with two attached hydrogens (primary N) is 1. The van der Waals surface area contributed by atoms with E-state index < -0.39 is 0 Å². The van der Waals surface area contributed by atoms with E-state index in [9.17, 15) is 0 Å². The molecule has 1 rings (SSSR count). The molecule has 0 aliphatic rings. The van der Waals surface area contributed by atoms with Crippen LogP contribution in [0.15, 0.2) is 24.4 Å². The molecular formula is C6H11N2P. The summed E-state index contributed by atoms with van der Waals surface area (Å²) in [5, 5.41) is 0. The number of nitrogens with zero attached hydrogens (tertiary/aromatic N) is 1. The zero-order chi connectivity index (χ0) is 5.82. The summed E-state index contributed by atoms with van der Waals surface area (Å²) < 4.78 is 0.